The Bertz CT molecular complexity index is 436. The van der Waals surface area contributed by atoms with Crippen molar-refractivity contribution in [2.24, 2.45) is 10.7 Å². The number of guanidine groups is 1. The maximum atomic E-state index is 5.94. The van der Waals surface area contributed by atoms with Gasteiger partial charge in [0.1, 0.15) is 0 Å². The molecule has 2 atom stereocenters. The predicted molar refractivity (Wildman–Crippen MR) is 70.4 cm³/mol. The summed E-state index contributed by atoms with van der Waals surface area (Å²) in [5.41, 5.74) is 7.26. The van der Waals surface area contributed by atoms with E-state index in [9.17, 15) is 0 Å². The van der Waals surface area contributed by atoms with Gasteiger partial charge in [0.05, 0.1) is 6.04 Å². The number of benzene rings is 1. The summed E-state index contributed by atoms with van der Waals surface area (Å²) in [7, 11) is 0. The minimum absolute atomic E-state index is 0.372. The van der Waals surface area contributed by atoms with E-state index in [0.29, 0.717) is 12.0 Å². The first kappa shape index (κ1) is 10.9. The van der Waals surface area contributed by atoms with Gasteiger partial charge < -0.3 is 10.6 Å². The fourth-order valence-corrected chi connectivity index (χ4v) is 2.32. The van der Waals surface area contributed by atoms with Gasteiger partial charge in [-0.2, -0.15) is 0 Å². The molecular weight excluding hydrogens is 234 g/mol. The van der Waals surface area contributed by atoms with E-state index in [4.69, 9.17) is 17.3 Å². The highest BCUT2D eigenvalue weighted by Crippen LogP contribution is 2.43. The van der Waals surface area contributed by atoms with Gasteiger partial charge in [-0.15, -0.1) is 0 Å². The van der Waals surface area contributed by atoms with Crippen molar-refractivity contribution in [3.05, 3.63) is 34.9 Å². The lowest BCUT2D eigenvalue weighted by Gasteiger charge is -2.31. The van der Waals surface area contributed by atoms with Crippen molar-refractivity contribution in [2.75, 3.05) is 13.1 Å². The van der Waals surface area contributed by atoms with Gasteiger partial charge in [0.2, 0.25) is 0 Å². The standard InChI is InChI=1S/C13H16ClN3/c14-10-4-2-9(3-5-10)11-8-12(11)16-13(15)17-6-1-7-17/h2-5,11-12H,1,6-8H2,(H2,15,16)/t11-,12+/m0/s1. The van der Waals surface area contributed by atoms with Gasteiger partial charge in [-0.25, -0.2) is 4.99 Å². The summed E-state index contributed by atoms with van der Waals surface area (Å²) in [6.07, 6.45) is 2.34. The van der Waals surface area contributed by atoms with E-state index in [1.807, 2.05) is 12.1 Å². The SMILES string of the molecule is NC(=N[C@@H]1C[C@H]1c1ccc(Cl)cc1)N1CCC1. The molecule has 3 rings (SSSR count). The Hall–Kier alpha value is -1.22. The molecule has 1 aliphatic carbocycles. The normalized spacial score (nSPS) is 27.8. The van der Waals surface area contributed by atoms with Crippen LogP contribution in [0.25, 0.3) is 0 Å². The maximum absolute atomic E-state index is 5.94. The molecule has 1 saturated carbocycles. The van der Waals surface area contributed by atoms with Crippen LogP contribution in [0.4, 0.5) is 0 Å². The lowest BCUT2D eigenvalue weighted by atomic mass is 10.1. The fraction of sp³-hybridized carbons (Fsp3) is 0.462. The van der Waals surface area contributed by atoms with Crippen LogP contribution in [0.5, 0.6) is 0 Å². The molecule has 17 heavy (non-hydrogen) atoms. The average molecular weight is 250 g/mol. The molecule has 2 aliphatic rings. The van der Waals surface area contributed by atoms with E-state index < -0.39 is 0 Å². The van der Waals surface area contributed by atoms with E-state index >= 15 is 0 Å². The summed E-state index contributed by atoms with van der Waals surface area (Å²) in [6.45, 7) is 2.13. The van der Waals surface area contributed by atoms with Crippen molar-refractivity contribution in [2.45, 2.75) is 24.8 Å². The summed E-state index contributed by atoms with van der Waals surface area (Å²) in [6, 6.07) is 8.42. The van der Waals surface area contributed by atoms with Crippen LogP contribution in [-0.2, 0) is 0 Å². The van der Waals surface area contributed by atoms with E-state index in [2.05, 4.69) is 22.0 Å². The summed E-state index contributed by atoms with van der Waals surface area (Å²) >= 11 is 5.87. The van der Waals surface area contributed by atoms with Crippen molar-refractivity contribution in [3.8, 4) is 0 Å². The first-order valence-electron chi connectivity index (χ1n) is 6.08. The first-order valence-corrected chi connectivity index (χ1v) is 6.45. The molecule has 2 fully saturated rings. The Kier molecular flexibility index (Phi) is 2.71. The van der Waals surface area contributed by atoms with Crippen molar-refractivity contribution in [1.82, 2.24) is 4.90 Å². The van der Waals surface area contributed by atoms with Gasteiger partial charge in [-0.3, -0.25) is 0 Å². The van der Waals surface area contributed by atoms with Gasteiger partial charge >= 0.3 is 0 Å². The number of rotatable bonds is 2. The van der Waals surface area contributed by atoms with Crippen molar-refractivity contribution in [1.29, 1.82) is 0 Å². The molecule has 2 N–H and O–H groups in total. The minimum atomic E-state index is 0.372. The number of nitrogens with two attached hydrogens (primary N) is 1. The highest BCUT2D eigenvalue weighted by molar-refractivity contribution is 6.30. The molecule has 0 unspecified atom stereocenters. The second-order valence-corrected chi connectivity index (χ2v) is 5.23. The Morgan fingerprint density at radius 3 is 2.59 bits per heavy atom. The number of hydrogen-bond donors (Lipinski definition) is 1. The number of nitrogens with zero attached hydrogens (tertiary/aromatic N) is 2. The monoisotopic (exact) mass is 249 g/mol. The summed E-state index contributed by atoms with van der Waals surface area (Å²) in [5.74, 6) is 1.25. The van der Waals surface area contributed by atoms with Crippen LogP contribution >= 0.6 is 11.6 Å². The van der Waals surface area contributed by atoms with Crippen LogP contribution < -0.4 is 5.73 Å². The molecule has 1 aromatic carbocycles. The largest absolute Gasteiger partial charge is 0.370 e. The molecule has 3 nitrogen and oxygen atoms in total. The molecule has 90 valence electrons. The van der Waals surface area contributed by atoms with Crippen LogP contribution in [-0.4, -0.2) is 30.0 Å². The second-order valence-electron chi connectivity index (χ2n) is 4.79. The quantitative estimate of drug-likeness (QED) is 0.645. The highest BCUT2D eigenvalue weighted by Gasteiger charge is 2.39. The van der Waals surface area contributed by atoms with Crippen molar-refractivity contribution < 1.29 is 0 Å². The van der Waals surface area contributed by atoms with E-state index in [1.165, 1.54) is 12.0 Å². The zero-order valence-corrected chi connectivity index (χ0v) is 10.4. The Labute approximate surface area is 106 Å². The second kappa shape index (κ2) is 4.22. The fourth-order valence-electron chi connectivity index (χ4n) is 2.19. The molecule has 4 heteroatoms. The molecule has 0 bridgehead atoms. The maximum Gasteiger partial charge on any atom is 0.191 e. The van der Waals surface area contributed by atoms with Gasteiger partial charge in [-0.1, -0.05) is 23.7 Å². The minimum Gasteiger partial charge on any atom is -0.370 e. The Balaban J connectivity index is 1.64. The molecular formula is C13H16ClN3. The third kappa shape index (κ3) is 2.25. The molecule has 0 aromatic heterocycles. The van der Waals surface area contributed by atoms with Gasteiger partial charge in [0, 0.05) is 24.0 Å². The van der Waals surface area contributed by atoms with Crippen LogP contribution in [0.2, 0.25) is 5.02 Å². The zero-order valence-electron chi connectivity index (χ0n) is 9.64. The van der Waals surface area contributed by atoms with E-state index in [1.54, 1.807) is 0 Å². The number of hydrogen-bond acceptors (Lipinski definition) is 1. The topological polar surface area (TPSA) is 41.6 Å². The number of likely N-dealkylation sites (tertiary alicyclic amines) is 1. The number of halogens is 1. The molecule has 1 aliphatic heterocycles. The highest BCUT2D eigenvalue weighted by atomic mass is 35.5. The first-order chi connectivity index (χ1) is 8.24. The third-order valence-corrected chi connectivity index (χ3v) is 3.79. The van der Waals surface area contributed by atoms with Gasteiger partial charge in [-0.05, 0) is 30.5 Å². The molecule has 1 heterocycles. The van der Waals surface area contributed by atoms with Crippen LogP contribution in [0.1, 0.15) is 24.3 Å². The summed E-state index contributed by atoms with van der Waals surface area (Å²) < 4.78 is 0. The summed E-state index contributed by atoms with van der Waals surface area (Å²) in [5, 5.41) is 0.787. The van der Waals surface area contributed by atoms with Crippen molar-refractivity contribution in [3.63, 3.8) is 0 Å². The zero-order chi connectivity index (χ0) is 11.8. The average Bonchev–Trinajstić information content (AvgIpc) is 2.95. The lowest BCUT2D eigenvalue weighted by Crippen LogP contribution is -2.46. The predicted octanol–water partition coefficient (Wildman–Crippen LogP) is 2.22. The molecule has 0 spiro atoms. The van der Waals surface area contributed by atoms with Crippen LogP contribution in [0.3, 0.4) is 0 Å². The molecule has 1 aromatic rings. The van der Waals surface area contributed by atoms with E-state index in [0.717, 1.165) is 30.5 Å². The van der Waals surface area contributed by atoms with Crippen LogP contribution in [0, 0.1) is 0 Å². The molecule has 0 amide bonds. The van der Waals surface area contributed by atoms with Gasteiger partial charge in [0.15, 0.2) is 5.96 Å². The van der Waals surface area contributed by atoms with E-state index in [-0.39, 0.29) is 0 Å². The Morgan fingerprint density at radius 2 is 2.00 bits per heavy atom. The smallest absolute Gasteiger partial charge is 0.191 e. The third-order valence-electron chi connectivity index (χ3n) is 3.53. The molecule has 0 radical (unpaired) electrons. The lowest BCUT2D eigenvalue weighted by molar-refractivity contribution is 0.295. The van der Waals surface area contributed by atoms with Gasteiger partial charge in [0.25, 0.3) is 0 Å². The number of aliphatic imine (C=N–C) groups is 1. The summed E-state index contributed by atoms with van der Waals surface area (Å²) in [4.78, 5) is 6.71. The van der Waals surface area contributed by atoms with Crippen LogP contribution in [0.15, 0.2) is 29.3 Å². The molecule has 1 saturated heterocycles. The van der Waals surface area contributed by atoms with Crippen molar-refractivity contribution >= 4 is 17.6 Å². The Morgan fingerprint density at radius 1 is 1.29 bits per heavy atom.